The molecule has 1 aromatic rings. The molecule has 4 nitrogen and oxygen atoms in total. The lowest BCUT2D eigenvalue weighted by molar-refractivity contribution is -0.142. The Morgan fingerprint density at radius 3 is 2.93 bits per heavy atom. The summed E-state index contributed by atoms with van der Waals surface area (Å²) >= 11 is 0. The van der Waals surface area contributed by atoms with Crippen LogP contribution in [0.3, 0.4) is 0 Å². The van der Waals surface area contributed by atoms with E-state index >= 15 is 0 Å². The lowest BCUT2D eigenvalue weighted by Crippen LogP contribution is -2.33. The van der Waals surface area contributed by atoms with Crippen LogP contribution in [0.5, 0.6) is 5.75 Å². The highest BCUT2D eigenvalue weighted by atomic mass is 19.1. The van der Waals surface area contributed by atoms with Gasteiger partial charge in [0.2, 0.25) is 0 Å². The second-order valence-electron chi connectivity index (χ2n) is 3.11. The number of benzene rings is 1. The molecule has 1 aromatic carbocycles. The third-order valence-corrected chi connectivity index (χ3v) is 1.99. The maximum atomic E-state index is 12.8. The Bertz CT molecular complexity index is 368. The fourth-order valence-corrected chi connectivity index (χ4v) is 1.19. The lowest BCUT2D eigenvalue weighted by Gasteiger charge is -2.10. The predicted octanol–water partition coefficient (Wildman–Crippen LogP) is 0.574. The van der Waals surface area contributed by atoms with Gasteiger partial charge in [-0.3, -0.25) is 4.79 Å². The molecule has 5 heteroatoms. The van der Waals surface area contributed by atoms with Crippen LogP contribution in [-0.2, 0) is 16.0 Å². The molecular weight excluding hydrogens is 201 g/mol. The van der Waals surface area contributed by atoms with E-state index in [0.717, 1.165) is 12.1 Å². The van der Waals surface area contributed by atoms with Gasteiger partial charge in [0.25, 0.3) is 0 Å². The van der Waals surface area contributed by atoms with Gasteiger partial charge >= 0.3 is 5.97 Å². The second kappa shape index (κ2) is 4.75. The zero-order chi connectivity index (χ0) is 11.4. The van der Waals surface area contributed by atoms with Gasteiger partial charge in [-0.15, -0.1) is 0 Å². The molecule has 0 aliphatic rings. The van der Waals surface area contributed by atoms with E-state index in [9.17, 15) is 14.3 Å². The number of hydrogen-bond donors (Lipinski definition) is 2. The summed E-state index contributed by atoms with van der Waals surface area (Å²) in [5.74, 6) is -1.17. The van der Waals surface area contributed by atoms with Crippen molar-refractivity contribution >= 4 is 5.97 Å². The van der Waals surface area contributed by atoms with Crippen molar-refractivity contribution in [3.63, 3.8) is 0 Å². The normalized spacial score (nSPS) is 12.2. The predicted molar refractivity (Wildman–Crippen MR) is 51.8 cm³/mol. The average molecular weight is 213 g/mol. The molecule has 0 fully saturated rings. The van der Waals surface area contributed by atoms with Gasteiger partial charge < -0.3 is 15.6 Å². The Kier molecular flexibility index (Phi) is 3.62. The minimum absolute atomic E-state index is 0.0380. The number of hydrogen-bond acceptors (Lipinski definition) is 4. The molecule has 82 valence electrons. The fourth-order valence-electron chi connectivity index (χ4n) is 1.19. The Balaban J connectivity index is 2.80. The smallest absolute Gasteiger partial charge is 0.322 e. The highest BCUT2D eigenvalue weighted by molar-refractivity contribution is 5.75. The Morgan fingerprint density at radius 2 is 2.33 bits per heavy atom. The van der Waals surface area contributed by atoms with Crippen LogP contribution in [0.4, 0.5) is 4.39 Å². The number of esters is 1. The van der Waals surface area contributed by atoms with Crippen LogP contribution in [0.15, 0.2) is 18.2 Å². The van der Waals surface area contributed by atoms with Gasteiger partial charge in [-0.2, -0.15) is 0 Å². The molecule has 0 saturated carbocycles. The highest BCUT2D eigenvalue weighted by Crippen LogP contribution is 2.19. The number of ether oxygens (including phenoxy) is 1. The molecule has 0 aliphatic heterocycles. The first kappa shape index (κ1) is 11.5. The SMILES string of the molecule is COC(=O)[C@@H](N)Cc1cc(F)ccc1O. The zero-order valence-electron chi connectivity index (χ0n) is 8.24. The molecule has 0 aromatic heterocycles. The third kappa shape index (κ3) is 2.92. The largest absolute Gasteiger partial charge is 0.508 e. The van der Waals surface area contributed by atoms with Gasteiger partial charge in [-0.05, 0) is 23.8 Å². The van der Waals surface area contributed by atoms with Gasteiger partial charge in [0, 0.05) is 6.42 Å². The quantitative estimate of drug-likeness (QED) is 0.720. The summed E-state index contributed by atoms with van der Waals surface area (Å²) in [6.45, 7) is 0. The van der Waals surface area contributed by atoms with E-state index in [-0.39, 0.29) is 17.7 Å². The summed E-state index contributed by atoms with van der Waals surface area (Å²) in [7, 11) is 1.22. The van der Waals surface area contributed by atoms with Crippen molar-refractivity contribution in [1.29, 1.82) is 0 Å². The van der Waals surface area contributed by atoms with Crippen molar-refractivity contribution in [3.8, 4) is 5.75 Å². The highest BCUT2D eigenvalue weighted by Gasteiger charge is 2.16. The van der Waals surface area contributed by atoms with E-state index in [4.69, 9.17) is 5.73 Å². The molecule has 0 spiro atoms. The van der Waals surface area contributed by atoms with Gasteiger partial charge in [-0.1, -0.05) is 0 Å². The van der Waals surface area contributed by atoms with E-state index in [2.05, 4.69) is 4.74 Å². The number of phenolic OH excluding ortho intramolecular Hbond substituents is 1. The molecule has 0 saturated heterocycles. The summed E-state index contributed by atoms with van der Waals surface area (Å²) in [6.07, 6.45) is 0.0380. The number of carbonyl (C=O) groups excluding carboxylic acids is 1. The maximum Gasteiger partial charge on any atom is 0.322 e. The second-order valence-corrected chi connectivity index (χ2v) is 3.11. The first-order valence-corrected chi connectivity index (χ1v) is 4.35. The standard InChI is InChI=1S/C10H12FNO3/c1-15-10(14)8(12)5-6-4-7(11)2-3-9(6)13/h2-4,8,13H,5,12H2,1H3/t8-/m0/s1. The average Bonchev–Trinajstić information content (AvgIpc) is 2.22. The van der Waals surface area contributed by atoms with E-state index in [1.807, 2.05) is 0 Å². The molecule has 3 N–H and O–H groups in total. The van der Waals surface area contributed by atoms with Crippen molar-refractivity contribution < 1.29 is 19.0 Å². The Hall–Kier alpha value is -1.62. The molecule has 0 unspecified atom stereocenters. The number of phenols is 1. The lowest BCUT2D eigenvalue weighted by atomic mass is 10.1. The molecular formula is C10H12FNO3. The number of carbonyl (C=O) groups is 1. The van der Waals surface area contributed by atoms with E-state index in [1.54, 1.807) is 0 Å². The topological polar surface area (TPSA) is 72.5 Å². The van der Waals surface area contributed by atoms with Crippen molar-refractivity contribution in [3.05, 3.63) is 29.6 Å². The molecule has 15 heavy (non-hydrogen) atoms. The van der Waals surface area contributed by atoms with E-state index < -0.39 is 17.8 Å². The number of aromatic hydroxyl groups is 1. The molecule has 0 aliphatic carbocycles. The van der Waals surface area contributed by atoms with Crippen molar-refractivity contribution in [2.75, 3.05) is 7.11 Å². The first-order chi connectivity index (χ1) is 7.04. The van der Waals surface area contributed by atoms with Gasteiger partial charge in [0.15, 0.2) is 0 Å². The molecule has 1 atom stereocenters. The van der Waals surface area contributed by atoms with Gasteiger partial charge in [-0.25, -0.2) is 4.39 Å². The molecule has 0 amide bonds. The van der Waals surface area contributed by atoms with Crippen LogP contribution >= 0.6 is 0 Å². The van der Waals surface area contributed by atoms with E-state index in [0.29, 0.717) is 0 Å². The van der Waals surface area contributed by atoms with Gasteiger partial charge in [0.1, 0.15) is 17.6 Å². The first-order valence-electron chi connectivity index (χ1n) is 4.35. The monoisotopic (exact) mass is 213 g/mol. The van der Waals surface area contributed by atoms with Crippen LogP contribution in [0.2, 0.25) is 0 Å². The number of nitrogens with two attached hydrogens (primary N) is 1. The summed E-state index contributed by atoms with van der Waals surface area (Å²) in [4.78, 5) is 11.0. The Morgan fingerprint density at radius 1 is 1.67 bits per heavy atom. The summed E-state index contributed by atoms with van der Waals surface area (Å²) in [5.41, 5.74) is 5.76. The molecule has 0 radical (unpaired) electrons. The van der Waals surface area contributed by atoms with E-state index in [1.165, 1.54) is 13.2 Å². The minimum atomic E-state index is -0.900. The van der Waals surface area contributed by atoms with Crippen LogP contribution in [0.25, 0.3) is 0 Å². The fraction of sp³-hybridized carbons (Fsp3) is 0.300. The number of methoxy groups -OCH3 is 1. The Labute approximate surface area is 86.5 Å². The van der Waals surface area contributed by atoms with Crippen LogP contribution in [-0.4, -0.2) is 24.2 Å². The maximum absolute atomic E-state index is 12.8. The number of rotatable bonds is 3. The number of halogens is 1. The summed E-state index contributed by atoms with van der Waals surface area (Å²) in [6, 6.07) is 2.58. The zero-order valence-corrected chi connectivity index (χ0v) is 8.24. The molecule has 0 bridgehead atoms. The van der Waals surface area contributed by atoms with Crippen LogP contribution < -0.4 is 5.73 Å². The summed E-state index contributed by atoms with van der Waals surface area (Å²) < 4.78 is 17.2. The molecule has 1 rings (SSSR count). The third-order valence-electron chi connectivity index (χ3n) is 1.99. The van der Waals surface area contributed by atoms with Crippen molar-refractivity contribution in [1.82, 2.24) is 0 Å². The molecule has 0 heterocycles. The van der Waals surface area contributed by atoms with Crippen LogP contribution in [0.1, 0.15) is 5.56 Å². The van der Waals surface area contributed by atoms with Crippen LogP contribution in [0, 0.1) is 5.82 Å². The summed E-state index contributed by atoms with van der Waals surface area (Å²) in [5, 5.41) is 9.36. The van der Waals surface area contributed by atoms with Gasteiger partial charge in [0.05, 0.1) is 7.11 Å². The minimum Gasteiger partial charge on any atom is -0.508 e. The van der Waals surface area contributed by atoms with Crippen molar-refractivity contribution in [2.24, 2.45) is 5.73 Å². The van der Waals surface area contributed by atoms with Crippen molar-refractivity contribution in [2.45, 2.75) is 12.5 Å².